The molecule has 19 heteroatoms. The van der Waals surface area contributed by atoms with E-state index in [1.807, 2.05) is 6.92 Å². The van der Waals surface area contributed by atoms with E-state index in [1.54, 1.807) is 0 Å². The minimum atomic E-state index is -5.70. The van der Waals surface area contributed by atoms with E-state index in [0.29, 0.717) is 12.8 Å². The van der Waals surface area contributed by atoms with E-state index < -0.39 is 59.3 Å². The first-order valence-electron chi connectivity index (χ1n) is 9.46. The molecule has 5 atom stereocenters. The molecule has 0 aromatic carbocycles. The van der Waals surface area contributed by atoms with Crippen LogP contribution in [0.4, 0.5) is 0 Å². The summed E-state index contributed by atoms with van der Waals surface area (Å²) in [7, 11) is -16.7. The first-order chi connectivity index (χ1) is 15.0. The first-order valence-corrected chi connectivity index (χ1v) is 14.0. The average Bonchev–Trinajstić information content (AvgIpc) is 2.95. The van der Waals surface area contributed by atoms with Crippen molar-refractivity contribution in [3.05, 3.63) is 32.6 Å². The van der Waals surface area contributed by atoms with E-state index in [2.05, 4.69) is 18.1 Å². The standard InChI is InChI=1S/C14H25N2O14P3/c1-3-4-5-14(16-7-9(2)12(18)15-13(16)19)6-10(17)11(28-14)8-27-32(23,24)30-33(25,26)29-31(20,21)22/h7,10-11,17H,3-6,8H2,1-2H3,(H,23,24)(H,25,26)(H,15,18,19)(H2,20,21,22)/t10-,11+,14+/m0/s1. The number of H-pyrrole nitrogens is 1. The summed E-state index contributed by atoms with van der Waals surface area (Å²) in [6, 6.07) is 0. The van der Waals surface area contributed by atoms with Gasteiger partial charge in [-0.15, -0.1) is 0 Å². The molecular formula is C14H25N2O14P3. The molecule has 33 heavy (non-hydrogen) atoms. The zero-order chi connectivity index (χ0) is 25.2. The van der Waals surface area contributed by atoms with Crippen molar-refractivity contribution in [2.24, 2.45) is 0 Å². The Bertz CT molecular complexity index is 1110. The van der Waals surface area contributed by atoms with Crippen LogP contribution in [-0.2, 0) is 37.3 Å². The van der Waals surface area contributed by atoms with Crippen LogP contribution in [0.5, 0.6) is 0 Å². The molecule has 0 saturated carbocycles. The largest absolute Gasteiger partial charge is 0.490 e. The highest BCUT2D eigenvalue weighted by atomic mass is 31.3. The van der Waals surface area contributed by atoms with Crippen LogP contribution in [0.1, 0.15) is 38.2 Å². The highest BCUT2D eigenvalue weighted by Gasteiger charge is 2.49. The predicted molar refractivity (Wildman–Crippen MR) is 109 cm³/mol. The van der Waals surface area contributed by atoms with Gasteiger partial charge in [0.15, 0.2) is 5.72 Å². The van der Waals surface area contributed by atoms with Gasteiger partial charge in [-0.05, 0) is 19.8 Å². The van der Waals surface area contributed by atoms with Crippen molar-refractivity contribution in [3.63, 3.8) is 0 Å². The number of rotatable bonds is 11. The monoisotopic (exact) mass is 538 g/mol. The summed E-state index contributed by atoms with van der Waals surface area (Å²) in [5.41, 5.74) is -2.65. The third-order valence-electron chi connectivity index (χ3n) is 4.63. The summed E-state index contributed by atoms with van der Waals surface area (Å²) in [5.74, 6) is 0. The topological polar surface area (TPSA) is 244 Å². The smallest absolute Gasteiger partial charge is 0.390 e. The molecule has 0 spiro atoms. The van der Waals surface area contributed by atoms with Crippen LogP contribution < -0.4 is 11.2 Å². The predicted octanol–water partition coefficient (Wildman–Crippen LogP) is 0.181. The Hall–Kier alpha value is -0.990. The number of phosphoric acid groups is 3. The first kappa shape index (κ1) is 28.2. The lowest BCUT2D eigenvalue weighted by molar-refractivity contribution is -0.123. The lowest BCUT2D eigenvalue weighted by atomic mass is 10.00. The summed E-state index contributed by atoms with van der Waals surface area (Å²) < 4.78 is 52.7. The van der Waals surface area contributed by atoms with E-state index in [9.17, 15) is 38.2 Å². The summed E-state index contributed by atoms with van der Waals surface area (Å²) in [4.78, 5) is 62.2. The molecule has 1 aromatic rings. The van der Waals surface area contributed by atoms with Gasteiger partial charge in [-0.25, -0.2) is 18.5 Å². The highest BCUT2D eigenvalue weighted by molar-refractivity contribution is 7.66. The molecule has 190 valence electrons. The number of phosphoric ester groups is 1. The molecule has 1 saturated heterocycles. The molecule has 2 unspecified atom stereocenters. The van der Waals surface area contributed by atoms with E-state index >= 15 is 0 Å². The Morgan fingerprint density at radius 3 is 2.39 bits per heavy atom. The van der Waals surface area contributed by atoms with E-state index in [1.165, 1.54) is 13.1 Å². The van der Waals surface area contributed by atoms with Gasteiger partial charge in [0.05, 0.1) is 12.7 Å². The van der Waals surface area contributed by atoms with Crippen LogP contribution >= 0.6 is 23.5 Å². The number of nitrogens with one attached hydrogen (secondary N) is 1. The van der Waals surface area contributed by atoms with E-state index in [0.717, 1.165) is 4.57 Å². The zero-order valence-electron chi connectivity index (χ0n) is 17.5. The molecule has 6 N–H and O–H groups in total. The van der Waals surface area contributed by atoms with Gasteiger partial charge in [-0.2, -0.15) is 8.62 Å². The maximum Gasteiger partial charge on any atom is 0.490 e. The average molecular weight is 538 g/mol. The second kappa shape index (κ2) is 10.3. The number of hydrogen-bond acceptors (Lipinski definition) is 10. The fourth-order valence-electron chi connectivity index (χ4n) is 3.24. The Morgan fingerprint density at radius 1 is 1.18 bits per heavy atom. The number of aryl methyl sites for hydroxylation is 1. The fraction of sp³-hybridized carbons (Fsp3) is 0.714. The lowest BCUT2D eigenvalue weighted by Gasteiger charge is -2.31. The Labute approximate surface area is 186 Å². The van der Waals surface area contributed by atoms with Gasteiger partial charge in [-0.1, -0.05) is 13.3 Å². The molecule has 0 bridgehead atoms. The quantitative estimate of drug-likeness (QED) is 0.206. The number of aliphatic hydroxyl groups is 1. The van der Waals surface area contributed by atoms with Gasteiger partial charge in [0, 0.05) is 18.2 Å². The van der Waals surface area contributed by atoms with Crippen molar-refractivity contribution in [2.75, 3.05) is 6.61 Å². The number of hydrogen-bond donors (Lipinski definition) is 6. The third kappa shape index (κ3) is 7.76. The molecule has 1 aromatic heterocycles. The second-order valence-corrected chi connectivity index (χ2v) is 11.7. The van der Waals surface area contributed by atoms with Gasteiger partial charge >= 0.3 is 29.2 Å². The van der Waals surface area contributed by atoms with Crippen LogP contribution in [0.25, 0.3) is 0 Å². The van der Waals surface area contributed by atoms with E-state index in [-0.39, 0.29) is 18.4 Å². The summed E-state index contributed by atoms with van der Waals surface area (Å²) in [6.45, 7) is 2.45. The summed E-state index contributed by atoms with van der Waals surface area (Å²) in [5, 5.41) is 10.4. The Balaban J connectivity index is 2.21. The van der Waals surface area contributed by atoms with Crippen molar-refractivity contribution in [3.8, 4) is 0 Å². The van der Waals surface area contributed by atoms with Gasteiger partial charge in [-0.3, -0.25) is 18.9 Å². The normalized spacial score (nSPS) is 27.2. The van der Waals surface area contributed by atoms with Crippen LogP contribution in [0.3, 0.4) is 0 Å². The molecule has 1 fully saturated rings. The summed E-state index contributed by atoms with van der Waals surface area (Å²) >= 11 is 0. The van der Waals surface area contributed by atoms with Gasteiger partial charge in [0.1, 0.15) is 6.10 Å². The van der Waals surface area contributed by atoms with Gasteiger partial charge < -0.3 is 29.4 Å². The van der Waals surface area contributed by atoms with Crippen molar-refractivity contribution < 1.29 is 56.3 Å². The third-order valence-corrected chi connectivity index (χ3v) is 8.43. The van der Waals surface area contributed by atoms with E-state index in [4.69, 9.17) is 14.5 Å². The molecule has 1 aliphatic heterocycles. The maximum atomic E-state index is 12.4. The van der Waals surface area contributed by atoms with Crippen molar-refractivity contribution in [1.82, 2.24) is 9.55 Å². The van der Waals surface area contributed by atoms with Gasteiger partial charge in [0.2, 0.25) is 0 Å². The molecule has 1 aliphatic rings. The molecule has 0 amide bonds. The molecule has 2 rings (SSSR count). The molecule has 16 nitrogen and oxygen atoms in total. The Kier molecular flexibility index (Phi) is 8.84. The summed E-state index contributed by atoms with van der Waals surface area (Å²) in [6.07, 6.45) is -0.127. The van der Waals surface area contributed by atoms with Crippen molar-refractivity contribution in [2.45, 2.75) is 57.5 Å². The maximum absolute atomic E-state index is 12.4. The Morgan fingerprint density at radius 2 is 1.82 bits per heavy atom. The number of unbranched alkanes of at least 4 members (excludes halogenated alkanes) is 1. The number of nitrogens with zero attached hydrogens (tertiary/aromatic N) is 1. The second-order valence-electron chi connectivity index (χ2n) is 7.31. The SMILES string of the molecule is CCCC[C@]1(n2cc(C)c(=O)[nH]c2=O)C[C@H](O)[C@@H](COP(=O)(O)OP(=O)(O)OP(=O)(O)O)O1. The zero-order valence-corrected chi connectivity index (χ0v) is 20.2. The lowest BCUT2D eigenvalue weighted by Crippen LogP contribution is -2.45. The molecule has 0 aliphatic carbocycles. The van der Waals surface area contributed by atoms with Crippen LogP contribution in [0.15, 0.2) is 15.8 Å². The van der Waals surface area contributed by atoms with Crippen LogP contribution in [0, 0.1) is 6.92 Å². The molecule has 2 heterocycles. The number of aromatic nitrogens is 2. The van der Waals surface area contributed by atoms with Crippen molar-refractivity contribution in [1.29, 1.82) is 0 Å². The minimum Gasteiger partial charge on any atom is -0.390 e. The number of aliphatic hydroxyl groups excluding tert-OH is 1. The molecular weight excluding hydrogens is 513 g/mol. The fourth-order valence-corrected chi connectivity index (χ4v) is 6.27. The molecule has 0 radical (unpaired) electrons. The van der Waals surface area contributed by atoms with Crippen LogP contribution in [0.2, 0.25) is 0 Å². The number of ether oxygens (including phenoxy) is 1. The minimum absolute atomic E-state index is 0.164. The van der Waals surface area contributed by atoms with Gasteiger partial charge in [0.25, 0.3) is 5.56 Å². The highest BCUT2D eigenvalue weighted by Crippen LogP contribution is 2.66. The van der Waals surface area contributed by atoms with Crippen molar-refractivity contribution >= 4 is 23.5 Å². The van der Waals surface area contributed by atoms with Crippen LogP contribution in [-0.4, -0.2) is 53.0 Å². The number of aromatic amines is 1.